The number of esters is 2. The Balaban J connectivity index is 0.000000375. The second-order valence-electron chi connectivity index (χ2n) is 9.74. The van der Waals surface area contributed by atoms with Crippen molar-refractivity contribution >= 4 is 23.3 Å². The molecule has 37 heavy (non-hydrogen) atoms. The van der Waals surface area contributed by atoms with Gasteiger partial charge in [0.15, 0.2) is 0 Å². The minimum Gasteiger partial charge on any atom is -0.462 e. The zero-order valence-electron chi connectivity index (χ0n) is 24.1. The van der Waals surface area contributed by atoms with Crippen LogP contribution in [0.2, 0.25) is 0 Å². The Kier molecular flexibility index (Phi) is 15.8. The van der Waals surface area contributed by atoms with E-state index in [1.807, 2.05) is 74.4 Å². The van der Waals surface area contributed by atoms with Gasteiger partial charge in [-0.05, 0) is 67.3 Å². The summed E-state index contributed by atoms with van der Waals surface area (Å²) in [6.07, 6.45) is 7.77. The van der Waals surface area contributed by atoms with Crippen LogP contribution in [-0.4, -0.2) is 53.3 Å². The molecule has 0 spiro atoms. The molecule has 206 valence electrons. The molecule has 0 bridgehead atoms. The van der Waals surface area contributed by atoms with Crippen LogP contribution in [0.3, 0.4) is 0 Å². The van der Waals surface area contributed by atoms with Crippen molar-refractivity contribution in [2.75, 3.05) is 51.2 Å². The fourth-order valence-electron chi connectivity index (χ4n) is 3.57. The summed E-state index contributed by atoms with van der Waals surface area (Å²) < 4.78 is 10.6. The Morgan fingerprint density at radius 2 is 1.14 bits per heavy atom. The Morgan fingerprint density at radius 3 is 1.54 bits per heavy atom. The third-order valence-corrected chi connectivity index (χ3v) is 6.21. The van der Waals surface area contributed by atoms with Crippen LogP contribution in [0.4, 0.5) is 11.4 Å². The van der Waals surface area contributed by atoms with Gasteiger partial charge in [0.05, 0.1) is 24.3 Å². The summed E-state index contributed by atoms with van der Waals surface area (Å²) in [5.74, 6) is 0.0385. The van der Waals surface area contributed by atoms with Gasteiger partial charge in [-0.1, -0.05) is 52.9 Å². The van der Waals surface area contributed by atoms with Crippen LogP contribution in [-0.2, 0) is 9.47 Å². The number of rotatable bonds is 14. The zero-order valence-corrected chi connectivity index (χ0v) is 24.1. The molecule has 2 aromatic carbocycles. The highest BCUT2D eigenvalue weighted by Crippen LogP contribution is 2.16. The van der Waals surface area contributed by atoms with E-state index in [4.69, 9.17) is 9.47 Å². The van der Waals surface area contributed by atoms with Gasteiger partial charge in [-0.15, -0.1) is 0 Å². The van der Waals surface area contributed by atoms with Crippen molar-refractivity contribution in [3.05, 3.63) is 59.7 Å². The predicted molar refractivity (Wildman–Crippen MR) is 155 cm³/mol. The molecule has 0 aliphatic rings. The number of unbranched alkanes of at least 4 members (excludes halogenated alkanes) is 3. The highest BCUT2D eigenvalue weighted by Gasteiger charge is 2.12. The van der Waals surface area contributed by atoms with E-state index < -0.39 is 0 Å². The minimum absolute atomic E-state index is 0.217. The molecule has 2 aromatic rings. The average molecular weight is 513 g/mol. The summed E-state index contributed by atoms with van der Waals surface area (Å²) in [6.45, 7) is 7.51. The molecule has 0 radical (unpaired) electrons. The van der Waals surface area contributed by atoms with Crippen LogP contribution in [0.15, 0.2) is 48.5 Å². The topological polar surface area (TPSA) is 59.1 Å². The fraction of sp³-hybridized carbons (Fsp3) is 0.548. The van der Waals surface area contributed by atoms with E-state index in [0.29, 0.717) is 30.3 Å². The molecular weight excluding hydrogens is 464 g/mol. The molecule has 0 aromatic heterocycles. The number of hydrogen-bond donors (Lipinski definition) is 0. The molecule has 0 aliphatic carbocycles. The van der Waals surface area contributed by atoms with E-state index in [1.54, 1.807) is 12.1 Å². The summed E-state index contributed by atoms with van der Waals surface area (Å²) in [6, 6.07) is 15.0. The van der Waals surface area contributed by atoms with Gasteiger partial charge in [0.25, 0.3) is 0 Å². The Bertz CT molecular complexity index is 892. The first-order chi connectivity index (χ1) is 17.7. The average Bonchev–Trinajstić information content (AvgIpc) is 2.91. The third kappa shape index (κ3) is 12.7. The van der Waals surface area contributed by atoms with Crippen LogP contribution in [0.5, 0.6) is 0 Å². The van der Waals surface area contributed by atoms with Crippen molar-refractivity contribution < 1.29 is 19.1 Å². The molecule has 0 fully saturated rings. The van der Waals surface area contributed by atoms with Crippen molar-refractivity contribution in [2.45, 2.75) is 65.7 Å². The van der Waals surface area contributed by atoms with Crippen LogP contribution >= 0.6 is 0 Å². The lowest BCUT2D eigenvalue weighted by Crippen LogP contribution is -2.14. The molecule has 6 nitrogen and oxygen atoms in total. The maximum atomic E-state index is 12.0. The van der Waals surface area contributed by atoms with Gasteiger partial charge in [0, 0.05) is 39.6 Å². The molecule has 0 aliphatic heterocycles. The number of carbonyl (C=O) groups excluding carboxylic acids is 2. The smallest absolute Gasteiger partial charge is 0.338 e. The fourth-order valence-corrected chi connectivity index (χ4v) is 3.57. The lowest BCUT2D eigenvalue weighted by atomic mass is 10.0. The van der Waals surface area contributed by atoms with Crippen molar-refractivity contribution in [1.29, 1.82) is 0 Å². The molecular formula is C31H48N2O4. The number of ether oxygens (including phenoxy) is 2. The highest BCUT2D eigenvalue weighted by molar-refractivity contribution is 5.90. The standard InChI is InChI=1S/C17H27NO2.C14H21NO2/c1-5-7-8-14(6-2)13-20-17(19)15-9-11-16(12-10-15)18(3)4;1-4-5-6-11-17-14(16)12-7-9-13(10-8-12)15(2)3/h9-12,14H,5-8,13H2,1-4H3;7-10H,4-6,11H2,1-3H3. The second-order valence-corrected chi connectivity index (χ2v) is 9.74. The normalized spacial score (nSPS) is 11.1. The van der Waals surface area contributed by atoms with E-state index in [2.05, 4.69) is 20.8 Å². The van der Waals surface area contributed by atoms with Crippen molar-refractivity contribution in [3.8, 4) is 0 Å². The summed E-state index contributed by atoms with van der Waals surface area (Å²) in [5.41, 5.74) is 3.40. The molecule has 2 rings (SSSR count). The highest BCUT2D eigenvalue weighted by atomic mass is 16.5. The van der Waals surface area contributed by atoms with Crippen molar-refractivity contribution in [2.24, 2.45) is 5.92 Å². The molecule has 1 atom stereocenters. The number of hydrogen-bond acceptors (Lipinski definition) is 6. The molecule has 6 heteroatoms. The first-order valence-corrected chi connectivity index (χ1v) is 13.6. The molecule has 0 heterocycles. The van der Waals surface area contributed by atoms with Gasteiger partial charge in [0.1, 0.15) is 0 Å². The van der Waals surface area contributed by atoms with E-state index in [9.17, 15) is 9.59 Å². The van der Waals surface area contributed by atoms with Gasteiger partial charge >= 0.3 is 11.9 Å². The summed E-state index contributed by atoms with van der Waals surface area (Å²) in [4.78, 5) is 27.6. The molecule has 0 N–H and O–H groups in total. The quantitative estimate of drug-likeness (QED) is 0.197. The van der Waals surface area contributed by atoms with E-state index in [1.165, 1.54) is 12.8 Å². The largest absolute Gasteiger partial charge is 0.462 e. The van der Waals surface area contributed by atoms with E-state index in [-0.39, 0.29) is 11.9 Å². The maximum Gasteiger partial charge on any atom is 0.338 e. The second kappa shape index (κ2) is 18.3. The number of nitrogens with zero attached hydrogens (tertiary/aromatic N) is 2. The van der Waals surface area contributed by atoms with E-state index in [0.717, 1.165) is 43.5 Å². The SMILES string of the molecule is CCCCC(CC)COC(=O)c1ccc(N(C)C)cc1.CCCCCOC(=O)c1ccc(N(C)C)cc1. The molecule has 0 amide bonds. The minimum atomic E-state index is -0.230. The lowest BCUT2D eigenvalue weighted by Gasteiger charge is -2.15. The van der Waals surface area contributed by atoms with Gasteiger partial charge in [-0.3, -0.25) is 0 Å². The number of benzene rings is 2. The van der Waals surface area contributed by atoms with Crippen LogP contribution in [0, 0.1) is 5.92 Å². The first kappa shape index (κ1) is 32.0. The first-order valence-electron chi connectivity index (χ1n) is 13.6. The summed E-state index contributed by atoms with van der Waals surface area (Å²) >= 11 is 0. The Labute approximate surface area is 224 Å². The summed E-state index contributed by atoms with van der Waals surface area (Å²) in [7, 11) is 7.90. The van der Waals surface area contributed by atoms with Gasteiger partial charge < -0.3 is 19.3 Å². The van der Waals surface area contributed by atoms with Gasteiger partial charge in [-0.2, -0.15) is 0 Å². The van der Waals surface area contributed by atoms with Gasteiger partial charge in [-0.25, -0.2) is 9.59 Å². The lowest BCUT2D eigenvalue weighted by molar-refractivity contribution is 0.0427. The molecule has 0 saturated carbocycles. The van der Waals surface area contributed by atoms with Crippen LogP contribution in [0.1, 0.15) is 86.4 Å². The Hall–Kier alpha value is -3.02. The number of carbonyl (C=O) groups is 2. The van der Waals surface area contributed by atoms with Crippen molar-refractivity contribution in [3.63, 3.8) is 0 Å². The summed E-state index contributed by atoms with van der Waals surface area (Å²) in [5, 5.41) is 0. The number of anilines is 2. The zero-order chi connectivity index (χ0) is 27.6. The molecule has 0 saturated heterocycles. The third-order valence-electron chi connectivity index (χ3n) is 6.21. The Morgan fingerprint density at radius 1 is 0.676 bits per heavy atom. The predicted octanol–water partition coefficient (Wildman–Crippen LogP) is 7.23. The molecule has 1 unspecified atom stereocenters. The van der Waals surface area contributed by atoms with Crippen LogP contribution < -0.4 is 9.80 Å². The van der Waals surface area contributed by atoms with E-state index >= 15 is 0 Å². The van der Waals surface area contributed by atoms with Gasteiger partial charge in [0.2, 0.25) is 0 Å². The monoisotopic (exact) mass is 512 g/mol. The maximum absolute atomic E-state index is 12.0. The van der Waals surface area contributed by atoms with Crippen LogP contribution in [0.25, 0.3) is 0 Å². The van der Waals surface area contributed by atoms with Crippen molar-refractivity contribution in [1.82, 2.24) is 0 Å².